The van der Waals surface area contributed by atoms with E-state index < -0.39 is 0 Å². The van der Waals surface area contributed by atoms with Gasteiger partial charge in [0.25, 0.3) is 0 Å². The number of methoxy groups -OCH3 is 4. The summed E-state index contributed by atoms with van der Waals surface area (Å²) >= 11 is 0. The molecule has 298 valence electrons. The molecule has 4 aromatic carbocycles. The van der Waals surface area contributed by atoms with Gasteiger partial charge in [0.1, 0.15) is 23.0 Å². The number of H-pyrrole nitrogens is 1. The number of fused-ring (bicyclic) bond motifs is 8. The topological polar surface area (TPSA) is 83.4 Å². The standard InChI is InChI=1S/C52H46N4O4/c1-57-43-18-5-34(6-19-43)27-47-48(28-35-7-20-44(58-2)21-8-35)52-49(29-36-9-22-45(59-3)23-10-36)50-26-17-41(55-50)31-40-14-13-38(53-40)30-39-15-16-42(54-39)32-51(47)56(52)33-37-11-24-46(60-4)25-12-37/h5-26,30-32,53H,27-29,33H2,1-4H3. The van der Waals surface area contributed by atoms with Crippen LogP contribution in [0, 0.1) is 0 Å². The summed E-state index contributed by atoms with van der Waals surface area (Å²) in [7, 11) is 6.81. The molecule has 0 atom stereocenters. The van der Waals surface area contributed by atoms with Crippen LogP contribution in [0.4, 0.5) is 0 Å². The molecule has 60 heavy (non-hydrogen) atoms. The van der Waals surface area contributed by atoms with Gasteiger partial charge in [-0.25, -0.2) is 9.97 Å². The zero-order valence-corrected chi connectivity index (χ0v) is 34.2. The molecule has 0 radical (unpaired) electrons. The molecule has 8 nitrogen and oxygen atoms in total. The Balaban J connectivity index is 1.43. The lowest BCUT2D eigenvalue weighted by Crippen LogP contribution is -2.05. The zero-order chi connectivity index (χ0) is 41.0. The van der Waals surface area contributed by atoms with Gasteiger partial charge in [0.15, 0.2) is 0 Å². The van der Waals surface area contributed by atoms with Crippen LogP contribution in [0.3, 0.4) is 0 Å². The van der Waals surface area contributed by atoms with E-state index >= 15 is 0 Å². The van der Waals surface area contributed by atoms with Crippen LogP contribution in [-0.2, 0) is 25.8 Å². The van der Waals surface area contributed by atoms with Crippen LogP contribution >= 0.6 is 0 Å². The minimum Gasteiger partial charge on any atom is -0.497 e. The van der Waals surface area contributed by atoms with E-state index in [0.717, 1.165) is 84.5 Å². The monoisotopic (exact) mass is 790 g/mol. The van der Waals surface area contributed by atoms with Crippen molar-refractivity contribution in [1.82, 2.24) is 19.5 Å². The van der Waals surface area contributed by atoms with Gasteiger partial charge in [-0.15, -0.1) is 0 Å². The van der Waals surface area contributed by atoms with Crippen LogP contribution in [0.2, 0.25) is 0 Å². The second kappa shape index (κ2) is 16.9. The summed E-state index contributed by atoms with van der Waals surface area (Å²) in [5, 5.41) is 0. The molecule has 2 aliphatic heterocycles. The van der Waals surface area contributed by atoms with Crippen molar-refractivity contribution in [1.29, 1.82) is 0 Å². The summed E-state index contributed by atoms with van der Waals surface area (Å²) in [6, 6.07) is 44.2. The molecule has 0 unspecified atom stereocenters. The zero-order valence-electron chi connectivity index (χ0n) is 34.2. The van der Waals surface area contributed by atoms with Crippen molar-refractivity contribution < 1.29 is 18.9 Å². The van der Waals surface area contributed by atoms with E-state index in [-0.39, 0.29) is 0 Å². The van der Waals surface area contributed by atoms with Crippen LogP contribution in [0.25, 0.3) is 46.4 Å². The van der Waals surface area contributed by atoms with Crippen molar-refractivity contribution in [2.75, 3.05) is 28.4 Å². The first-order chi connectivity index (χ1) is 29.4. The molecule has 0 amide bonds. The lowest BCUT2D eigenvalue weighted by molar-refractivity contribution is 0.414. The third kappa shape index (κ3) is 8.18. The maximum atomic E-state index is 5.60. The maximum absolute atomic E-state index is 5.60. The highest BCUT2D eigenvalue weighted by Crippen LogP contribution is 2.37. The molecule has 8 heteroatoms. The van der Waals surface area contributed by atoms with Crippen LogP contribution in [0.15, 0.2) is 127 Å². The van der Waals surface area contributed by atoms with Gasteiger partial charge in [-0.05, 0) is 149 Å². The van der Waals surface area contributed by atoms with Gasteiger partial charge in [0.05, 0.1) is 56.7 Å². The number of rotatable bonds is 12. The summed E-state index contributed by atoms with van der Waals surface area (Å²) < 4.78 is 24.9. The fourth-order valence-corrected chi connectivity index (χ4v) is 8.10. The summed E-state index contributed by atoms with van der Waals surface area (Å²) in [4.78, 5) is 14.1. The average molecular weight is 791 g/mol. The Morgan fingerprint density at radius 3 is 1.35 bits per heavy atom. The maximum Gasteiger partial charge on any atom is 0.118 e. The Morgan fingerprint density at radius 1 is 0.433 bits per heavy atom. The predicted molar refractivity (Wildman–Crippen MR) is 242 cm³/mol. The van der Waals surface area contributed by atoms with Gasteiger partial charge in [0.2, 0.25) is 0 Å². The van der Waals surface area contributed by atoms with Crippen LogP contribution in [0.1, 0.15) is 61.7 Å². The summed E-state index contributed by atoms with van der Waals surface area (Å²) in [5.74, 6) is 3.27. The minimum absolute atomic E-state index is 0.596. The SMILES string of the molecule is COc1ccc(Cc2c(Cc3ccc(OC)cc3)c3c(Cc4ccc(OC)cc4)c4nc(cc5ccc(cc6nc(cc2n3Cc2ccc(OC)cc2)C=C6)[nH]5)C=C4)cc1. The van der Waals surface area contributed by atoms with Crippen LogP contribution < -0.4 is 18.9 Å². The van der Waals surface area contributed by atoms with Gasteiger partial charge in [-0.2, -0.15) is 0 Å². The number of ether oxygens (including phenoxy) is 4. The molecule has 8 bridgehead atoms. The molecular weight excluding hydrogens is 745 g/mol. The minimum atomic E-state index is 0.596. The van der Waals surface area contributed by atoms with E-state index in [4.69, 9.17) is 28.9 Å². The van der Waals surface area contributed by atoms with Crippen molar-refractivity contribution in [3.63, 3.8) is 0 Å². The molecule has 0 spiro atoms. The highest BCUT2D eigenvalue weighted by molar-refractivity contribution is 5.85. The Bertz CT molecular complexity index is 2890. The number of hydrogen-bond acceptors (Lipinski definition) is 6. The van der Waals surface area contributed by atoms with E-state index in [1.807, 2.05) is 48.5 Å². The predicted octanol–water partition coefficient (Wildman–Crippen LogP) is 11.0. The smallest absolute Gasteiger partial charge is 0.118 e. The lowest BCUT2D eigenvalue weighted by Gasteiger charge is -2.14. The fourth-order valence-electron chi connectivity index (χ4n) is 8.10. The van der Waals surface area contributed by atoms with Gasteiger partial charge < -0.3 is 28.5 Å². The molecule has 2 aliphatic rings. The average Bonchev–Trinajstić information content (AvgIpc) is 4.10. The number of nitrogens with one attached hydrogen (secondary N) is 1. The van der Waals surface area contributed by atoms with E-state index in [0.29, 0.717) is 25.8 Å². The van der Waals surface area contributed by atoms with Crippen molar-refractivity contribution in [3.05, 3.63) is 189 Å². The summed E-state index contributed by atoms with van der Waals surface area (Å²) in [6.45, 7) is 0.596. The van der Waals surface area contributed by atoms with Gasteiger partial charge >= 0.3 is 0 Å². The highest BCUT2D eigenvalue weighted by atomic mass is 16.5. The molecule has 5 heterocycles. The van der Waals surface area contributed by atoms with E-state index in [9.17, 15) is 0 Å². The molecule has 7 aromatic rings. The van der Waals surface area contributed by atoms with Crippen molar-refractivity contribution in [2.24, 2.45) is 0 Å². The van der Waals surface area contributed by atoms with Crippen molar-refractivity contribution in [2.45, 2.75) is 25.8 Å². The van der Waals surface area contributed by atoms with Gasteiger partial charge in [-0.3, -0.25) is 0 Å². The van der Waals surface area contributed by atoms with E-state index in [2.05, 4.69) is 113 Å². The first-order valence-electron chi connectivity index (χ1n) is 20.1. The largest absolute Gasteiger partial charge is 0.497 e. The third-order valence-corrected chi connectivity index (χ3v) is 11.2. The molecule has 0 aliphatic carbocycles. The second-order valence-corrected chi connectivity index (χ2v) is 15.0. The second-order valence-electron chi connectivity index (χ2n) is 15.0. The summed E-state index contributed by atoms with van der Waals surface area (Å²) in [5.41, 5.74) is 15.9. The van der Waals surface area contributed by atoms with Crippen LogP contribution in [-0.4, -0.2) is 48.0 Å². The van der Waals surface area contributed by atoms with Crippen molar-refractivity contribution >= 4 is 46.4 Å². The quantitative estimate of drug-likeness (QED) is 0.133. The molecule has 3 aromatic heterocycles. The molecule has 9 rings (SSSR count). The van der Waals surface area contributed by atoms with Crippen molar-refractivity contribution in [3.8, 4) is 23.0 Å². The number of hydrogen-bond donors (Lipinski definition) is 1. The normalized spacial score (nSPS) is 11.8. The number of nitrogens with zero attached hydrogens (tertiary/aromatic N) is 3. The van der Waals surface area contributed by atoms with E-state index in [1.165, 1.54) is 22.3 Å². The summed E-state index contributed by atoms with van der Waals surface area (Å²) in [6.07, 6.45) is 10.4. The first-order valence-corrected chi connectivity index (χ1v) is 20.1. The molecule has 0 saturated heterocycles. The van der Waals surface area contributed by atoms with Gasteiger partial charge in [-0.1, -0.05) is 48.5 Å². The third-order valence-electron chi connectivity index (χ3n) is 11.2. The Morgan fingerprint density at radius 2 is 0.850 bits per heavy atom. The van der Waals surface area contributed by atoms with Crippen LogP contribution in [0.5, 0.6) is 23.0 Å². The van der Waals surface area contributed by atoms with Gasteiger partial charge in [0, 0.05) is 35.1 Å². The number of aromatic amines is 1. The molecule has 0 fully saturated rings. The number of aromatic nitrogens is 4. The molecule has 0 saturated carbocycles. The lowest BCUT2D eigenvalue weighted by atomic mass is 9.93. The molecule has 1 N–H and O–H groups in total. The Hall–Kier alpha value is -7.32. The number of benzene rings is 4. The molecular formula is C52H46N4O4. The Labute approximate surface area is 350 Å². The highest BCUT2D eigenvalue weighted by Gasteiger charge is 2.23. The Kier molecular flexibility index (Phi) is 10.7. The fraction of sp³-hybridized carbons (Fsp3) is 0.154. The van der Waals surface area contributed by atoms with E-state index in [1.54, 1.807) is 28.4 Å². The first kappa shape index (κ1) is 38.2.